The molecule has 0 saturated heterocycles. The molecule has 3 heteroatoms. The predicted octanol–water partition coefficient (Wildman–Crippen LogP) is 3.52. The van der Waals surface area contributed by atoms with Gasteiger partial charge in [0.2, 0.25) is 0 Å². The Balaban J connectivity index is 2.11. The molecular formula is C20H26N2O. The summed E-state index contributed by atoms with van der Waals surface area (Å²) in [7, 11) is 0. The van der Waals surface area contributed by atoms with E-state index in [1.807, 2.05) is 42.5 Å². The molecule has 0 spiro atoms. The molecule has 0 aliphatic heterocycles. The molecule has 23 heavy (non-hydrogen) atoms. The van der Waals surface area contributed by atoms with Crippen molar-refractivity contribution in [3.05, 3.63) is 71.3 Å². The van der Waals surface area contributed by atoms with E-state index >= 15 is 0 Å². The van der Waals surface area contributed by atoms with Crippen LogP contribution in [-0.4, -0.2) is 18.5 Å². The molecule has 3 nitrogen and oxygen atoms in total. The molecule has 0 heterocycles. The molecular weight excluding hydrogens is 284 g/mol. The van der Waals surface area contributed by atoms with Crippen molar-refractivity contribution < 1.29 is 4.79 Å². The van der Waals surface area contributed by atoms with Crippen LogP contribution < -0.4 is 11.1 Å². The smallest absolute Gasteiger partial charge is 0.251 e. The molecule has 2 aromatic carbocycles. The van der Waals surface area contributed by atoms with Crippen molar-refractivity contribution in [1.29, 1.82) is 0 Å². The number of nitrogens with one attached hydrogen (secondary N) is 1. The van der Waals surface area contributed by atoms with Gasteiger partial charge in [0.05, 0.1) is 0 Å². The average molecular weight is 310 g/mol. The van der Waals surface area contributed by atoms with E-state index in [9.17, 15) is 4.79 Å². The number of amides is 1. The van der Waals surface area contributed by atoms with E-state index < -0.39 is 0 Å². The summed E-state index contributed by atoms with van der Waals surface area (Å²) < 4.78 is 0. The van der Waals surface area contributed by atoms with Crippen molar-refractivity contribution >= 4 is 5.91 Å². The van der Waals surface area contributed by atoms with Gasteiger partial charge in [-0.1, -0.05) is 68.3 Å². The Morgan fingerprint density at radius 3 is 2.48 bits per heavy atom. The number of carbonyl (C=O) groups excluding carboxylic acids is 1. The van der Waals surface area contributed by atoms with E-state index in [1.165, 1.54) is 5.56 Å². The normalized spacial score (nSPS) is 11.9. The van der Waals surface area contributed by atoms with Crippen LogP contribution in [0.25, 0.3) is 0 Å². The summed E-state index contributed by atoms with van der Waals surface area (Å²) in [6, 6.07) is 18.1. The Labute approximate surface area is 138 Å². The predicted molar refractivity (Wildman–Crippen MR) is 95.5 cm³/mol. The van der Waals surface area contributed by atoms with Gasteiger partial charge in [0, 0.05) is 18.2 Å². The van der Waals surface area contributed by atoms with E-state index in [-0.39, 0.29) is 11.9 Å². The summed E-state index contributed by atoms with van der Waals surface area (Å²) >= 11 is 0. The van der Waals surface area contributed by atoms with Gasteiger partial charge in [0.1, 0.15) is 0 Å². The van der Waals surface area contributed by atoms with E-state index in [0.29, 0.717) is 6.54 Å². The largest absolute Gasteiger partial charge is 0.348 e. The van der Waals surface area contributed by atoms with Crippen LogP contribution in [0, 0.1) is 0 Å². The first kappa shape index (κ1) is 17.2. The second-order valence-electron chi connectivity index (χ2n) is 5.87. The first-order chi connectivity index (χ1) is 11.2. The highest BCUT2D eigenvalue weighted by atomic mass is 16.1. The zero-order valence-corrected chi connectivity index (χ0v) is 13.8. The van der Waals surface area contributed by atoms with Crippen LogP contribution >= 0.6 is 0 Å². The van der Waals surface area contributed by atoms with E-state index in [4.69, 9.17) is 5.73 Å². The lowest BCUT2D eigenvalue weighted by Crippen LogP contribution is -2.40. The highest BCUT2D eigenvalue weighted by molar-refractivity contribution is 5.96. The number of hydrogen-bond donors (Lipinski definition) is 2. The third-order valence-corrected chi connectivity index (χ3v) is 4.03. The third-order valence-electron chi connectivity index (χ3n) is 4.03. The first-order valence-electron chi connectivity index (χ1n) is 8.37. The second-order valence-corrected chi connectivity index (χ2v) is 5.87. The molecule has 1 atom stereocenters. The van der Waals surface area contributed by atoms with Gasteiger partial charge in [-0.15, -0.1) is 0 Å². The topological polar surface area (TPSA) is 55.1 Å². The summed E-state index contributed by atoms with van der Waals surface area (Å²) in [5.74, 6) is -0.0249. The van der Waals surface area contributed by atoms with Gasteiger partial charge in [0.25, 0.3) is 5.91 Å². The molecule has 0 saturated carbocycles. The van der Waals surface area contributed by atoms with Crippen molar-refractivity contribution in [3.63, 3.8) is 0 Å². The summed E-state index contributed by atoms with van der Waals surface area (Å²) in [6.07, 6.45) is 3.87. The summed E-state index contributed by atoms with van der Waals surface area (Å²) in [5, 5.41) is 3.08. The van der Waals surface area contributed by atoms with Crippen molar-refractivity contribution in [2.45, 2.75) is 38.6 Å². The van der Waals surface area contributed by atoms with Crippen molar-refractivity contribution in [2.24, 2.45) is 5.73 Å². The van der Waals surface area contributed by atoms with Crippen molar-refractivity contribution in [3.8, 4) is 0 Å². The molecule has 0 aliphatic carbocycles. The van der Waals surface area contributed by atoms with Gasteiger partial charge < -0.3 is 11.1 Å². The monoisotopic (exact) mass is 310 g/mol. The zero-order valence-electron chi connectivity index (χ0n) is 13.8. The van der Waals surface area contributed by atoms with Crippen LogP contribution in [0.15, 0.2) is 54.6 Å². The lowest BCUT2D eigenvalue weighted by molar-refractivity contribution is 0.0935. The van der Waals surface area contributed by atoms with Crippen LogP contribution in [0.3, 0.4) is 0 Å². The van der Waals surface area contributed by atoms with Crippen LogP contribution in [-0.2, 0) is 6.42 Å². The number of unbranched alkanes of at least 4 members (excludes halogenated alkanes) is 1. The Bertz CT molecular complexity index is 610. The molecule has 0 aromatic heterocycles. The molecule has 1 amide bonds. The molecule has 1 unspecified atom stereocenters. The Morgan fingerprint density at radius 1 is 1.09 bits per heavy atom. The number of carbonyl (C=O) groups is 1. The molecule has 0 fully saturated rings. The van der Waals surface area contributed by atoms with E-state index in [2.05, 4.69) is 24.4 Å². The maximum absolute atomic E-state index is 12.6. The Hall–Kier alpha value is -2.13. The lowest BCUT2D eigenvalue weighted by Gasteiger charge is -2.18. The van der Waals surface area contributed by atoms with Crippen LogP contribution in [0.4, 0.5) is 0 Å². The number of hydrogen-bond acceptors (Lipinski definition) is 2. The quantitative estimate of drug-likeness (QED) is 0.784. The number of benzene rings is 2. The molecule has 122 valence electrons. The molecule has 0 radical (unpaired) electrons. The fraction of sp³-hybridized carbons (Fsp3) is 0.350. The van der Waals surface area contributed by atoms with Gasteiger partial charge in [-0.05, 0) is 30.0 Å². The van der Waals surface area contributed by atoms with Gasteiger partial charge in [-0.3, -0.25) is 4.79 Å². The zero-order chi connectivity index (χ0) is 16.5. The minimum atomic E-state index is -0.0249. The second kappa shape index (κ2) is 9.11. The van der Waals surface area contributed by atoms with E-state index in [0.717, 1.165) is 36.8 Å². The first-order valence-corrected chi connectivity index (χ1v) is 8.37. The molecule has 0 bridgehead atoms. The lowest BCUT2D eigenvalue weighted by atomic mass is 9.99. The molecule has 2 aromatic rings. The molecule has 3 N–H and O–H groups in total. The van der Waals surface area contributed by atoms with Gasteiger partial charge in [-0.2, -0.15) is 0 Å². The highest BCUT2D eigenvalue weighted by Crippen LogP contribution is 2.15. The van der Waals surface area contributed by atoms with Crippen LogP contribution in [0.5, 0.6) is 0 Å². The van der Waals surface area contributed by atoms with Crippen molar-refractivity contribution in [2.75, 3.05) is 6.54 Å². The molecule has 2 rings (SSSR count). The summed E-state index contributed by atoms with van der Waals surface area (Å²) in [5.41, 5.74) is 8.78. The van der Waals surface area contributed by atoms with Gasteiger partial charge in [0.15, 0.2) is 0 Å². The third kappa shape index (κ3) is 5.22. The fourth-order valence-electron chi connectivity index (χ4n) is 2.67. The standard InChI is InChI=1S/C20H26N2O/c1-2-3-12-18(15-21)22-20(23)19-13-8-7-11-17(19)14-16-9-5-4-6-10-16/h4-11,13,18H,2-3,12,14-15,21H2,1H3,(H,22,23). The average Bonchev–Trinajstić information content (AvgIpc) is 2.59. The van der Waals surface area contributed by atoms with Crippen LogP contribution in [0.1, 0.15) is 47.7 Å². The van der Waals surface area contributed by atoms with Crippen molar-refractivity contribution in [1.82, 2.24) is 5.32 Å². The minimum absolute atomic E-state index is 0.0249. The van der Waals surface area contributed by atoms with Gasteiger partial charge in [-0.25, -0.2) is 0 Å². The Morgan fingerprint density at radius 2 is 1.78 bits per heavy atom. The Kier molecular flexibility index (Phi) is 6.82. The van der Waals surface area contributed by atoms with Gasteiger partial charge >= 0.3 is 0 Å². The number of nitrogens with two attached hydrogens (primary N) is 1. The summed E-state index contributed by atoms with van der Waals surface area (Å²) in [4.78, 5) is 12.6. The van der Waals surface area contributed by atoms with Crippen LogP contribution in [0.2, 0.25) is 0 Å². The molecule has 0 aliphatic rings. The SMILES string of the molecule is CCCCC(CN)NC(=O)c1ccccc1Cc1ccccc1. The van der Waals surface area contributed by atoms with E-state index in [1.54, 1.807) is 0 Å². The number of rotatable bonds is 8. The maximum atomic E-state index is 12.6. The summed E-state index contributed by atoms with van der Waals surface area (Å²) in [6.45, 7) is 2.62. The maximum Gasteiger partial charge on any atom is 0.251 e. The fourth-order valence-corrected chi connectivity index (χ4v) is 2.67. The highest BCUT2D eigenvalue weighted by Gasteiger charge is 2.15. The minimum Gasteiger partial charge on any atom is -0.348 e.